The maximum absolute atomic E-state index is 12.8. The van der Waals surface area contributed by atoms with E-state index in [1.807, 2.05) is 54.6 Å². The van der Waals surface area contributed by atoms with Gasteiger partial charge >= 0.3 is 0 Å². The van der Waals surface area contributed by atoms with Crippen LogP contribution in [-0.2, 0) is 10.0 Å². The number of carbonyl (C=O) groups is 1. The molecule has 1 aliphatic heterocycles. The average Bonchev–Trinajstić information content (AvgIpc) is 3.22. The van der Waals surface area contributed by atoms with E-state index in [4.69, 9.17) is 5.73 Å². The molecule has 4 N–H and O–H groups in total. The topological polar surface area (TPSA) is 105 Å². The third kappa shape index (κ3) is 5.27. The highest BCUT2D eigenvalue weighted by molar-refractivity contribution is 7.88. The molecule has 7 nitrogen and oxygen atoms in total. The maximum atomic E-state index is 12.8. The molecule has 1 heterocycles. The average molecular weight is 451 g/mol. The van der Waals surface area contributed by atoms with Gasteiger partial charge in [0.25, 0.3) is 5.91 Å². The highest BCUT2D eigenvalue weighted by Crippen LogP contribution is 2.28. The first-order chi connectivity index (χ1) is 15.3. The number of hydrogen-bond acceptors (Lipinski definition) is 5. The maximum Gasteiger partial charge on any atom is 0.255 e. The number of hydrogen-bond donors (Lipinski definition) is 3. The van der Waals surface area contributed by atoms with Gasteiger partial charge in [-0.1, -0.05) is 36.4 Å². The zero-order valence-electron chi connectivity index (χ0n) is 17.8. The molecule has 1 saturated heterocycles. The molecule has 1 aliphatic rings. The van der Waals surface area contributed by atoms with Crippen LogP contribution in [0.3, 0.4) is 0 Å². The predicted octanol–water partition coefficient (Wildman–Crippen LogP) is 3.32. The lowest BCUT2D eigenvalue weighted by Crippen LogP contribution is -2.36. The molecule has 1 atom stereocenters. The summed E-state index contributed by atoms with van der Waals surface area (Å²) in [7, 11) is -3.23. The Bertz CT molecular complexity index is 1210. The lowest BCUT2D eigenvalue weighted by atomic mass is 10.0. The third-order valence-corrected chi connectivity index (χ3v) is 6.23. The van der Waals surface area contributed by atoms with Crippen molar-refractivity contribution in [2.75, 3.05) is 35.3 Å². The van der Waals surface area contributed by atoms with Crippen LogP contribution in [0.15, 0.2) is 72.8 Å². The van der Waals surface area contributed by atoms with Crippen molar-refractivity contribution < 1.29 is 13.2 Å². The number of nitrogens with two attached hydrogens (primary N) is 1. The summed E-state index contributed by atoms with van der Waals surface area (Å²) in [4.78, 5) is 14.9. The number of carbonyl (C=O) groups excluding carboxylic acids is 1. The summed E-state index contributed by atoms with van der Waals surface area (Å²) in [6, 6.07) is 22.7. The zero-order valence-corrected chi connectivity index (χ0v) is 18.6. The summed E-state index contributed by atoms with van der Waals surface area (Å²) in [6.45, 7) is 1.35. The van der Waals surface area contributed by atoms with Crippen molar-refractivity contribution in [2.24, 2.45) is 0 Å². The van der Waals surface area contributed by atoms with E-state index in [-0.39, 0.29) is 11.9 Å². The first-order valence-electron chi connectivity index (χ1n) is 10.4. The number of rotatable bonds is 6. The highest BCUT2D eigenvalue weighted by atomic mass is 32.2. The molecular weight excluding hydrogens is 424 g/mol. The van der Waals surface area contributed by atoms with Crippen molar-refractivity contribution >= 4 is 33.0 Å². The number of nitrogen functional groups attached to an aromatic ring is 1. The lowest BCUT2D eigenvalue weighted by Gasteiger charge is -2.19. The van der Waals surface area contributed by atoms with E-state index >= 15 is 0 Å². The number of nitrogens with one attached hydrogen (secondary N) is 2. The van der Waals surface area contributed by atoms with Crippen molar-refractivity contribution in [3.05, 3.63) is 78.4 Å². The van der Waals surface area contributed by atoms with E-state index in [2.05, 4.69) is 14.9 Å². The molecule has 0 spiro atoms. The summed E-state index contributed by atoms with van der Waals surface area (Å²) in [5, 5.41) is 2.90. The van der Waals surface area contributed by atoms with Crippen molar-refractivity contribution in [1.82, 2.24) is 4.72 Å². The van der Waals surface area contributed by atoms with Crippen molar-refractivity contribution in [3.8, 4) is 11.1 Å². The molecule has 1 fully saturated rings. The van der Waals surface area contributed by atoms with E-state index in [0.717, 1.165) is 29.8 Å². The van der Waals surface area contributed by atoms with E-state index in [1.54, 1.807) is 18.2 Å². The monoisotopic (exact) mass is 450 g/mol. The summed E-state index contributed by atoms with van der Waals surface area (Å²) >= 11 is 0. The molecule has 0 radical (unpaired) electrons. The van der Waals surface area contributed by atoms with E-state index in [0.29, 0.717) is 23.5 Å². The number of amides is 1. The molecule has 0 aliphatic carbocycles. The number of anilines is 3. The first-order valence-corrected chi connectivity index (χ1v) is 12.3. The van der Waals surface area contributed by atoms with Gasteiger partial charge in [0, 0.05) is 30.4 Å². The molecule has 1 unspecified atom stereocenters. The van der Waals surface area contributed by atoms with Crippen molar-refractivity contribution in [3.63, 3.8) is 0 Å². The van der Waals surface area contributed by atoms with Crippen LogP contribution < -0.4 is 20.7 Å². The number of sulfonamides is 1. The SMILES string of the molecule is CS(=O)(=O)NC1CCN(c2ccc(C(=O)Nc3cc(-c4ccccc4)ccc3N)cc2)C1. The molecule has 3 aromatic carbocycles. The minimum Gasteiger partial charge on any atom is -0.397 e. The van der Waals surface area contributed by atoms with E-state index in [1.165, 1.54) is 6.26 Å². The van der Waals surface area contributed by atoms with Gasteiger partial charge in [-0.15, -0.1) is 0 Å². The highest BCUT2D eigenvalue weighted by Gasteiger charge is 2.25. The minimum absolute atomic E-state index is 0.104. The normalized spacial score (nSPS) is 16.2. The van der Waals surface area contributed by atoms with Gasteiger partial charge in [0.15, 0.2) is 0 Å². The Hall–Kier alpha value is -3.36. The van der Waals surface area contributed by atoms with Crippen molar-refractivity contribution in [1.29, 1.82) is 0 Å². The number of benzene rings is 3. The lowest BCUT2D eigenvalue weighted by molar-refractivity contribution is 0.102. The van der Waals surface area contributed by atoms with Gasteiger partial charge in [-0.05, 0) is 53.9 Å². The van der Waals surface area contributed by atoms with Crippen molar-refractivity contribution in [2.45, 2.75) is 12.5 Å². The molecule has 166 valence electrons. The molecular formula is C24H26N4O3S. The van der Waals surface area contributed by atoms with Crippen LogP contribution in [-0.4, -0.2) is 39.7 Å². The molecule has 0 saturated carbocycles. The standard InChI is InChI=1S/C24H26N4O3S/c1-32(30,31)27-20-13-14-28(16-20)21-10-7-18(8-11-21)24(29)26-23-15-19(9-12-22(23)25)17-5-3-2-4-6-17/h2-12,15,20,27H,13-14,16,25H2,1H3,(H,26,29). The van der Waals surface area contributed by atoms with Gasteiger partial charge in [-0.3, -0.25) is 4.79 Å². The Morgan fingerprint density at radius 1 is 1.00 bits per heavy atom. The van der Waals surface area contributed by atoms with Crippen LogP contribution in [0.2, 0.25) is 0 Å². The Morgan fingerprint density at radius 2 is 1.72 bits per heavy atom. The van der Waals surface area contributed by atoms with Crippen LogP contribution >= 0.6 is 0 Å². The van der Waals surface area contributed by atoms with Gasteiger partial charge in [-0.25, -0.2) is 13.1 Å². The van der Waals surface area contributed by atoms with Crippen LogP contribution in [0.4, 0.5) is 17.1 Å². The molecule has 1 amide bonds. The second-order valence-electron chi connectivity index (χ2n) is 7.99. The fraction of sp³-hybridized carbons (Fsp3) is 0.208. The fourth-order valence-electron chi connectivity index (χ4n) is 3.89. The summed E-state index contributed by atoms with van der Waals surface area (Å²) in [5.41, 5.74) is 10.6. The summed E-state index contributed by atoms with van der Waals surface area (Å²) in [5.74, 6) is -0.244. The molecule has 0 bridgehead atoms. The summed E-state index contributed by atoms with van der Waals surface area (Å²) < 4.78 is 25.5. The van der Waals surface area contributed by atoms with Gasteiger partial charge < -0.3 is 16.0 Å². The van der Waals surface area contributed by atoms with Crippen LogP contribution in [0.25, 0.3) is 11.1 Å². The van der Waals surface area contributed by atoms with Gasteiger partial charge in [0.2, 0.25) is 10.0 Å². The first kappa shape index (κ1) is 21.9. The van der Waals surface area contributed by atoms with Gasteiger partial charge in [0.1, 0.15) is 0 Å². The molecule has 3 aromatic rings. The number of nitrogens with zero attached hydrogens (tertiary/aromatic N) is 1. The summed E-state index contributed by atoms with van der Waals surface area (Å²) in [6.07, 6.45) is 1.91. The second kappa shape index (κ2) is 9.02. The van der Waals surface area contributed by atoms with Crippen LogP contribution in [0, 0.1) is 0 Å². The van der Waals surface area contributed by atoms with Crippen LogP contribution in [0.5, 0.6) is 0 Å². The Morgan fingerprint density at radius 3 is 2.41 bits per heavy atom. The van der Waals surface area contributed by atoms with Gasteiger partial charge in [0.05, 0.1) is 17.6 Å². The zero-order chi connectivity index (χ0) is 22.7. The minimum atomic E-state index is -3.23. The molecule has 8 heteroatoms. The van der Waals surface area contributed by atoms with Crippen LogP contribution in [0.1, 0.15) is 16.8 Å². The Kier molecular flexibility index (Phi) is 6.16. The quantitative estimate of drug-likeness (QED) is 0.500. The fourth-order valence-corrected chi connectivity index (χ4v) is 4.68. The Balaban J connectivity index is 1.44. The smallest absolute Gasteiger partial charge is 0.255 e. The van der Waals surface area contributed by atoms with E-state index in [9.17, 15) is 13.2 Å². The largest absolute Gasteiger partial charge is 0.397 e. The molecule has 32 heavy (non-hydrogen) atoms. The molecule has 4 rings (SSSR count). The van der Waals surface area contributed by atoms with E-state index < -0.39 is 10.0 Å². The molecule has 0 aromatic heterocycles. The Labute approximate surface area is 188 Å². The van der Waals surface area contributed by atoms with Gasteiger partial charge in [-0.2, -0.15) is 0 Å². The second-order valence-corrected chi connectivity index (χ2v) is 9.77. The third-order valence-electron chi connectivity index (χ3n) is 5.47. The predicted molar refractivity (Wildman–Crippen MR) is 129 cm³/mol.